The molecule has 0 bridgehead atoms. The zero-order valence-electron chi connectivity index (χ0n) is 16.8. The summed E-state index contributed by atoms with van der Waals surface area (Å²) in [4.78, 5) is 11.0. The Kier molecular flexibility index (Phi) is 11.9. The van der Waals surface area contributed by atoms with Crippen molar-refractivity contribution < 1.29 is 20.1 Å². The standard InChI is InChI=1S/C22H40O4/c1-3-5-7-11-19(23)15-13-18-14-16-21(24)20(18)12-9-6-8-10-17(4-2)22(25)26/h13,17,19-21,23-24H,3-12,14-16H2,1-2H3,(H,25,26)/t17?,19?,20-,21-/m1/s1. The van der Waals surface area contributed by atoms with Crippen molar-refractivity contribution in [3.05, 3.63) is 11.6 Å². The first kappa shape index (κ1) is 23.2. The number of carboxylic acids is 1. The van der Waals surface area contributed by atoms with Gasteiger partial charge in [-0.1, -0.05) is 64.0 Å². The van der Waals surface area contributed by atoms with Gasteiger partial charge >= 0.3 is 5.97 Å². The number of carbonyl (C=O) groups is 1. The lowest BCUT2D eigenvalue weighted by Gasteiger charge is -2.17. The SMILES string of the molecule is CCCCCC(O)CC=C1CC[C@@H](O)[C@@H]1CCCCCC(CC)C(=O)O. The number of unbranched alkanes of at least 4 members (excludes halogenated alkanes) is 4. The van der Waals surface area contributed by atoms with Gasteiger partial charge in [-0.05, 0) is 44.9 Å². The molecule has 0 amide bonds. The second-order valence-corrected chi connectivity index (χ2v) is 7.96. The monoisotopic (exact) mass is 368 g/mol. The van der Waals surface area contributed by atoms with Crippen molar-refractivity contribution in [2.24, 2.45) is 11.8 Å². The zero-order chi connectivity index (χ0) is 19.4. The first-order chi connectivity index (χ1) is 12.5. The second kappa shape index (κ2) is 13.3. The fraction of sp³-hybridized carbons (Fsp3) is 0.864. The molecule has 26 heavy (non-hydrogen) atoms. The van der Waals surface area contributed by atoms with Crippen LogP contribution < -0.4 is 0 Å². The van der Waals surface area contributed by atoms with E-state index in [4.69, 9.17) is 5.11 Å². The average molecular weight is 369 g/mol. The minimum atomic E-state index is -0.679. The quantitative estimate of drug-likeness (QED) is 0.295. The lowest BCUT2D eigenvalue weighted by atomic mass is 9.91. The molecule has 2 unspecified atom stereocenters. The molecule has 0 spiro atoms. The van der Waals surface area contributed by atoms with E-state index in [0.29, 0.717) is 12.8 Å². The van der Waals surface area contributed by atoms with Gasteiger partial charge in [0.2, 0.25) is 0 Å². The van der Waals surface area contributed by atoms with Crippen molar-refractivity contribution in [1.29, 1.82) is 0 Å². The highest BCUT2D eigenvalue weighted by Gasteiger charge is 2.29. The zero-order valence-corrected chi connectivity index (χ0v) is 16.8. The molecule has 0 aromatic carbocycles. The molecule has 1 aliphatic carbocycles. The van der Waals surface area contributed by atoms with Gasteiger partial charge in [0.15, 0.2) is 0 Å². The molecule has 0 saturated heterocycles. The topological polar surface area (TPSA) is 77.8 Å². The van der Waals surface area contributed by atoms with Gasteiger partial charge < -0.3 is 15.3 Å². The van der Waals surface area contributed by atoms with Gasteiger partial charge in [0.05, 0.1) is 18.1 Å². The van der Waals surface area contributed by atoms with Crippen LogP contribution in [0.4, 0.5) is 0 Å². The van der Waals surface area contributed by atoms with Crippen molar-refractivity contribution in [3.63, 3.8) is 0 Å². The van der Waals surface area contributed by atoms with E-state index in [1.165, 1.54) is 18.4 Å². The Morgan fingerprint density at radius 3 is 2.54 bits per heavy atom. The maximum absolute atomic E-state index is 11.0. The van der Waals surface area contributed by atoms with Gasteiger partial charge in [-0.15, -0.1) is 0 Å². The summed E-state index contributed by atoms with van der Waals surface area (Å²) in [7, 11) is 0. The largest absolute Gasteiger partial charge is 0.481 e. The third-order valence-electron chi connectivity index (χ3n) is 5.87. The first-order valence-corrected chi connectivity index (χ1v) is 10.8. The van der Waals surface area contributed by atoms with E-state index >= 15 is 0 Å². The van der Waals surface area contributed by atoms with E-state index in [-0.39, 0.29) is 24.0 Å². The molecule has 1 fully saturated rings. The maximum Gasteiger partial charge on any atom is 0.306 e. The van der Waals surface area contributed by atoms with Crippen LogP contribution in [0.5, 0.6) is 0 Å². The van der Waals surface area contributed by atoms with Crippen LogP contribution in [0.1, 0.15) is 97.3 Å². The molecule has 1 saturated carbocycles. The summed E-state index contributed by atoms with van der Waals surface area (Å²) in [5.74, 6) is -0.655. The van der Waals surface area contributed by atoms with Gasteiger partial charge in [0.25, 0.3) is 0 Å². The molecule has 1 rings (SSSR count). The summed E-state index contributed by atoms with van der Waals surface area (Å²) >= 11 is 0. The number of hydrogen-bond donors (Lipinski definition) is 3. The number of aliphatic carboxylic acids is 1. The van der Waals surface area contributed by atoms with Crippen LogP contribution >= 0.6 is 0 Å². The number of aliphatic hydroxyl groups is 2. The highest BCUT2D eigenvalue weighted by molar-refractivity contribution is 5.69. The molecule has 4 nitrogen and oxygen atoms in total. The molecule has 3 N–H and O–H groups in total. The molecular weight excluding hydrogens is 328 g/mol. The smallest absolute Gasteiger partial charge is 0.306 e. The molecule has 152 valence electrons. The first-order valence-electron chi connectivity index (χ1n) is 10.8. The Morgan fingerprint density at radius 1 is 1.15 bits per heavy atom. The van der Waals surface area contributed by atoms with Crippen LogP contribution in [0.2, 0.25) is 0 Å². The van der Waals surface area contributed by atoms with E-state index in [9.17, 15) is 15.0 Å². The minimum Gasteiger partial charge on any atom is -0.481 e. The highest BCUT2D eigenvalue weighted by atomic mass is 16.4. The van der Waals surface area contributed by atoms with Crippen LogP contribution in [-0.2, 0) is 4.79 Å². The third kappa shape index (κ3) is 8.68. The van der Waals surface area contributed by atoms with Gasteiger partial charge in [-0.25, -0.2) is 0 Å². The summed E-state index contributed by atoms with van der Waals surface area (Å²) in [5, 5.41) is 29.5. The summed E-state index contributed by atoms with van der Waals surface area (Å²) in [5.41, 5.74) is 1.32. The fourth-order valence-electron chi connectivity index (χ4n) is 4.05. The molecule has 0 aliphatic heterocycles. The average Bonchev–Trinajstić information content (AvgIpc) is 2.96. The van der Waals surface area contributed by atoms with Crippen LogP contribution in [0, 0.1) is 11.8 Å². The minimum absolute atomic E-state index is 0.211. The molecule has 4 heteroatoms. The van der Waals surface area contributed by atoms with Crippen molar-refractivity contribution in [3.8, 4) is 0 Å². The van der Waals surface area contributed by atoms with Gasteiger partial charge in [-0.2, -0.15) is 0 Å². The van der Waals surface area contributed by atoms with Gasteiger partial charge in [0.1, 0.15) is 0 Å². The van der Waals surface area contributed by atoms with Crippen LogP contribution in [0.3, 0.4) is 0 Å². The molecule has 0 radical (unpaired) electrons. The van der Waals surface area contributed by atoms with E-state index in [1.807, 2.05) is 6.92 Å². The Balaban J connectivity index is 2.32. The maximum atomic E-state index is 11.0. The lowest BCUT2D eigenvalue weighted by Crippen LogP contribution is -2.15. The second-order valence-electron chi connectivity index (χ2n) is 7.96. The number of rotatable bonds is 14. The molecule has 4 atom stereocenters. The molecule has 1 aliphatic rings. The van der Waals surface area contributed by atoms with E-state index in [0.717, 1.165) is 57.8 Å². The van der Waals surface area contributed by atoms with E-state index in [1.54, 1.807) is 0 Å². The van der Waals surface area contributed by atoms with Crippen LogP contribution in [0.15, 0.2) is 11.6 Å². The van der Waals surface area contributed by atoms with Gasteiger partial charge in [0, 0.05) is 5.92 Å². The molecule has 0 aromatic heterocycles. The van der Waals surface area contributed by atoms with Crippen molar-refractivity contribution in [1.82, 2.24) is 0 Å². The Bertz CT molecular complexity index is 418. The summed E-state index contributed by atoms with van der Waals surface area (Å²) < 4.78 is 0. The summed E-state index contributed by atoms with van der Waals surface area (Å²) in [6.45, 7) is 4.10. The predicted octanol–water partition coefficient (Wildman–Crippen LogP) is 5.08. The Hall–Kier alpha value is -0.870. The number of hydrogen-bond acceptors (Lipinski definition) is 3. The normalized spacial score (nSPS) is 24.1. The lowest BCUT2D eigenvalue weighted by molar-refractivity contribution is -0.142. The third-order valence-corrected chi connectivity index (χ3v) is 5.87. The van der Waals surface area contributed by atoms with Crippen LogP contribution in [0.25, 0.3) is 0 Å². The highest BCUT2D eigenvalue weighted by Crippen LogP contribution is 2.36. The molecular formula is C22H40O4. The molecule has 0 aromatic rings. The van der Waals surface area contributed by atoms with E-state index in [2.05, 4.69) is 13.0 Å². The van der Waals surface area contributed by atoms with Gasteiger partial charge in [-0.3, -0.25) is 4.79 Å². The summed E-state index contributed by atoms with van der Waals surface area (Å²) in [6.07, 6.45) is 13.9. The number of carboxylic acid groups (broad SMARTS) is 1. The predicted molar refractivity (Wildman–Crippen MR) is 106 cm³/mol. The van der Waals surface area contributed by atoms with Crippen LogP contribution in [-0.4, -0.2) is 33.5 Å². The van der Waals surface area contributed by atoms with Crippen molar-refractivity contribution >= 4 is 5.97 Å². The van der Waals surface area contributed by atoms with Crippen molar-refractivity contribution in [2.75, 3.05) is 0 Å². The van der Waals surface area contributed by atoms with Crippen molar-refractivity contribution in [2.45, 2.75) is 110 Å². The Morgan fingerprint density at radius 2 is 1.88 bits per heavy atom. The molecule has 0 heterocycles. The number of aliphatic hydroxyl groups excluding tert-OH is 2. The Labute approximate surface area is 159 Å². The van der Waals surface area contributed by atoms with E-state index < -0.39 is 5.97 Å². The summed E-state index contributed by atoms with van der Waals surface area (Å²) in [6, 6.07) is 0. The fourth-order valence-corrected chi connectivity index (χ4v) is 4.05.